The predicted octanol–water partition coefficient (Wildman–Crippen LogP) is 2.47. The molecule has 1 aromatic rings. The Morgan fingerprint density at radius 2 is 1.55 bits per heavy atom. The zero-order valence-electron chi connectivity index (χ0n) is 12.4. The summed E-state index contributed by atoms with van der Waals surface area (Å²) < 4.78 is 38.2. The van der Waals surface area contributed by atoms with Crippen LogP contribution < -0.4 is 5.01 Å². The van der Waals surface area contributed by atoms with E-state index in [-0.39, 0.29) is 11.5 Å². The van der Waals surface area contributed by atoms with Crippen LogP contribution in [-0.4, -0.2) is 28.9 Å². The lowest BCUT2D eigenvalue weighted by molar-refractivity contribution is -0.139. The van der Waals surface area contributed by atoms with Crippen molar-refractivity contribution < 1.29 is 22.8 Å². The molecular formula is C14H14F3N3O2. The summed E-state index contributed by atoms with van der Waals surface area (Å²) in [6.07, 6.45) is -4.50. The number of hydrazine groups is 1. The highest BCUT2D eigenvalue weighted by molar-refractivity contribution is 6.19. The number of amides is 2. The van der Waals surface area contributed by atoms with E-state index in [1.54, 1.807) is 0 Å². The Hall–Kier alpha value is -2.38. The number of aromatic nitrogens is 1. The van der Waals surface area contributed by atoms with Gasteiger partial charge in [-0.05, 0) is 32.9 Å². The van der Waals surface area contributed by atoms with Gasteiger partial charge in [-0.1, -0.05) is 0 Å². The Kier molecular flexibility index (Phi) is 3.72. The maximum Gasteiger partial charge on any atom is 0.418 e. The molecule has 0 aromatic carbocycles. The first-order valence-corrected chi connectivity index (χ1v) is 6.40. The number of carbonyl (C=O) groups excluding carboxylic acids is 2. The molecule has 2 rings (SSSR count). The molecule has 1 aliphatic rings. The van der Waals surface area contributed by atoms with E-state index in [2.05, 4.69) is 4.98 Å². The lowest BCUT2D eigenvalue weighted by Crippen LogP contribution is -2.45. The minimum Gasteiger partial charge on any atom is -0.267 e. The van der Waals surface area contributed by atoms with Crippen molar-refractivity contribution in [1.82, 2.24) is 9.99 Å². The smallest absolute Gasteiger partial charge is 0.267 e. The number of imide groups is 1. The third kappa shape index (κ3) is 2.44. The van der Waals surface area contributed by atoms with Crippen LogP contribution in [0.4, 0.5) is 19.0 Å². The molecule has 0 unspecified atom stereocenters. The Morgan fingerprint density at radius 3 is 1.95 bits per heavy atom. The van der Waals surface area contributed by atoms with E-state index >= 15 is 0 Å². The van der Waals surface area contributed by atoms with Crippen molar-refractivity contribution in [2.45, 2.75) is 26.9 Å². The first kappa shape index (κ1) is 16.0. The Balaban J connectivity index is 2.36. The molecule has 2 amide bonds. The topological polar surface area (TPSA) is 53.5 Å². The van der Waals surface area contributed by atoms with Crippen LogP contribution in [0.5, 0.6) is 0 Å². The molecule has 1 aromatic heterocycles. The lowest BCUT2D eigenvalue weighted by Gasteiger charge is -2.28. The Labute approximate surface area is 125 Å². The average molecular weight is 313 g/mol. The molecule has 22 heavy (non-hydrogen) atoms. The molecule has 0 N–H and O–H groups in total. The quantitative estimate of drug-likeness (QED) is 0.787. The van der Waals surface area contributed by atoms with Gasteiger partial charge in [0.1, 0.15) is 5.82 Å². The van der Waals surface area contributed by atoms with E-state index in [4.69, 9.17) is 0 Å². The third-order valence-corrected chi connectivity index (χ3v) is 3.60. The van der Waals surface area contributed by atoms with Crippen LogP contribution in [0.3, 0.4) is 0 Å². The van der Waals surface area contributed by atoms with Crippen molar-refractivity contribution in [2.24, 2.45) is 0 Å². The summed E-state index contributed by atoms with van der Waals surface area (Å²) in [7, 11) is 1.40. The van der Waals surface area contributed by atoms with Gasteiger partial charge in [0.25, 0.3) is 11.8 Å². The van der Waals surface area contributed by atoms with Crippen molar-refractivity contribution in [3.05, 3.63) is 34.5 Å². The summed E-state index contributed by atoms with van der Waals surface area (Å²) in [5, 5.41) is 2.01. The number of aryl methyl sites for hydroxylation is 1. The highest BCUT2D eigenvalue weighted by Crippen LogP contribution is 2.32. The largest absolute Gasteiger partial charge is 0.418 e. The first-order valence-electron chi connectivity index (χ1n) is 6.40. The average Bonchev–Trinajstić information content (AvgIpc) is 2.61. The normalized spacial score (nSPS) is 15.9. The van der Waals surface area contributed by atoms with Gasteiger partial charge in [-0.2, -0.15) is 18.2 Å². The van der Waals surface area contributed by atoms with Gasteiger partial charge in [0.05, 0.1) is 11.3 Å². The van der Waals surface area contributed by atoms with Crippen LogP contribution in [0.1, 0.15) is 25.1 Å². The molecule has 2 heterocycles. The molecule has 0 spiro atoms. The summed E-state index contributed by atoms with van der Waals surface area (Å²) in [4.78, 5) is 27.9. The maximum absolute atomic E-state index is 12.7. The predicted molar refractivity (Wildman–Crippen MR) is 72.6 cm³/mol. The van der Waals surface area contributed by atoms with E-state index in [1.807, 2.05) is 0 Å². The molecule has 8 heteroatoms. The minimum atomic E-state index is -4.50. The molecular weight excluding hydrogens is 299 g/mol. The van der Waals surface area contributed by atoms with Crippen molar-refractivity contribution in [2.75, 3.05) is 12.1 Å². The zero-order chi connectivity index (χ0) is 16.8. The van der Waals surface area contributed by atoms with Gasteiger partial charge in [0.2, 0.25) is 0 Å². The highest BCUT2D eigenvalue weighted by Gasteiger charge is 2.38. The standard InChI is InChI=1S/C14H14F3N3O2/c1-7-8(2)13(22)20(12(7)21)19(4)11-6-5-10(9(3)18-11)14(15,16)17/h5-6H,1-4H3. The van der Waals surface area contributed by atoms with E-state index in [1.165, 1.54) is 27.8 Å². The number of alkyl halides is 3. The molecule has 0 bridgehead atoms. The van der Waals surface area contributed by atoms with Crippen LogP contribution in [0, 0.1) is 6.92 Å². The van der Waals surface area contributed by atoms with Crippen molar-refractivity contribution in [1.29, 1.82) is 0 Å². The molecule has 118 valence electrons. The summed E-state index contributed by atoms with van der Waals surface area (Å²) in [5.41, 5.74) is -0.465. The van der Waals surface area contributed by atoms with Crippen molar-refractivity contribution >= 4 is 17.6 Å². The number of rotatable bonds is 2. The van der Waals surface area contributed by atoms with E-state index in [9.17, 15) is 22.8 Å². The SMILES string of the molecule is CC1=C(C)C(=O)N(N(C)c2ccc(C(F)(F)F)c(C)n2)C1=O. The number of pyridine rings is 1. The van der Waals surface area contributed by atoms with Gasteiger partial charge in [0.15, 0.2) is 0 Å². The second kappa shape index (κ2) is 5.11. The Bertz CT molecular complexity index is 671. The number of carbonyl (C=O) groups is 2. The lowest BCUT2D eigenvalue weighted by atomic mass is 10.2. The van der Waals surface area contributed by atoms with Gasteiger partial charge < -0.3 is 0 Å². The van der Waals surface area contributed by atoms with Crippen LogP contribution >= 0.6 is 0 Å². The van der Waals surface area contributed by atoms with E-state index < -0.39 is 23.6 Å². The van der Waals surface area contributed by atoms with Crippen LogP contribution in [-0.2, 0) is 15.8 Å². The number of hydrogen-bond acceptors (Lipinski definition) is 4. The molecule has 0 fully saturated rings. The molecule has 1 aliphatic heterocycles. The van der Waals surface area contributed by atoms with Crippen molar-refractivity contribution in [3.8, 4) is 0 Å². The second-order valence-electron chi connectivity index (χ2n) is 5.00. The van der Waals surface area contributed by atoms with Crippen LogP contribution in [0.25, 0.3) is 0 Å². The third-order valence-electron chi connectivity index (χ3n) is 3.60. The number of nitrogens with zero attached hydrogens (tertiary/aromatic N) is 3. The number of hydrogen-bond donors (Lipinski definition) is 0. The minimum absolute atomic E-state index is 0.0784. The van der Waals surface area contributed by atoms with Gasteiger partial charge in [-0.25, -0.2) is 4.98 Å². The van der Waals surface area contributed by atoms with Gasteiger partial charge in [-0.3, -0.25) is 14.6 Å². The van der Waals surface area contributed by atoms with Gasteiger partial charge >= 0.3 is 6.18 Å². The summed E-state index contributed by atoms with van der Waals surface area (Å²) >= 11 is 0. The van der Waals surface area contributed by atoms with Crippen LogP contribution in [0.15, 0.2) is 23.3 Å². The molecule has 0 aliphatic carbocycles. The monoisotopic (exact) mass is 313 g/mol. The summed E-state index contributed by atoms with van der Waals surface area (Å²) in [6.45, 7) is 4.27. The first-order chi connectivity index (χ1) is 10.1. The molecule has 0 saturated carbocycles. The van der Waals surface area contributed by atoms with Gasteiger partial charge in [0, 0.05) is 18.2 Å². The fourth-order valence-corrected chi connectivity index (χ4v) is 2.13. The second-order valence-corrected chi connectivity index (χ2v) is 5.00. The molecule has 0 atom stereocenters. The highest BCUT2D eigenvalue weighted by atomic mass is 19.4. The van der Waals surface area contributed by atoms with Gasteiger partial charge in [-0.15, -0.1) is 0 Å². The maximum atomic E-state index is 12.7. The number of anilines is 1. The van der Waals surface area contributed by atoms with Crippen molar-refractivity contribution in [3.63, 3.8) is 0 Å². The zero-order valence-corrected chi connectivity index (χ0v) is 12.4. The van der Waals surface area contributed by atoms with Crippen LogP contribution in [0.2, 0.25) is 0 Å². The van der Waals surface area contributed by atoms with E-state index in [0.29, 0.717) is 11.1 Å². The molecule has 0 saturated heterocycles. The summed E-state index contributed by atoms with van der Waals surface area (Å²) in [5.74, 6) is -0.941. The molecule has 5 nitrogen and oxygen atoms in total. The van der Waals surface area contributed by atoms with E-state index in [0.717, 1.165) is 22.2 Å². The molecule has 0 radical (unpaired) electrons. The Morgan fingerprint density at radius 1 is 1.05 bits per heavy atom. The summed E-state index contributed by atoms with van der Waals surface area (Å²) in [6, 6.07) is 2.01. The fourth-order valence-electron chi connectivity index (χ4n) is 2.13. The fraction of sp³-hybridized carbons (Fsp3) is 0.357. The number of halogens is 3.